The Bertz CT molecular complexity index is 893. The zero-order chi connectivity index (χ0) is 19.1. The van der Waals surface area contributed by atoms with Gasteiger partial charge in [0.05, 0.1) is 13.5 Å². The van der Waals surface area contributed by atoms with Crippen LogP contribution in [0.3, 0.4) is 0 Å². The molecule has 2 N–H and O–H groups in total. The van der Waals surface area contributed by atoms with Crippen molar-refractivity contribution in [1.82, 2.24) is 10.2 Å². The minimum Gasteiger partial charge on any atom is -0.497 e. The first-order chi connectivity index (χ1) is 13.1. The number of carbonyl (C=O) groups is 1. The zero-order valence-corrected chi connectivity index (χ0v) is 15.4. The van der Waals surface area contributed by atoms with Crippen LogP contribution in [0.15, 0.2) is 60.7 Å². The van der Waals surface area contributed by atoms with E-state index in [4.69, 9.17) is 4.74 Å². The number of hydrogen-bond donors (Lipinski definition) is 2. The number of aromatic nitrogens is 2. The van der Waals surface area contributed by atoms with Crippen LogP contribution in [0.25, 0.3) is 0 Å². The number of amides is 1. The van der Waals surface area contributed by atoms with E-state index in [1.54, 1.807) is 19.2 Å². The van der Waals surface area contributed by atoms with Crippen molar-refractivity contribution in [2.45, 2.75) is 19.9 Å². The Balaban J connectivity index is 1.52. The largest absolute Gasteiger partial charge is 0.497 e. The fourth-order valence-electron chi connectivity index (χ4n) is 2.60. The predicted octanol–water partition coefficient (Wildman–Crippen LogP) is 3.59. The number of benzene rings is 2. The quantitative estimate of drug-likeness (QED) is 0.672. The summed E-state index contributed by atoms with van der Waals surface area (Å²) in [5.74, 6) is 1.70. The van der Waals surface area contributed by atoms with Gasteiger partial charge in [-0.1, -0.05) is 36.4 Å². The first kappa shape index (κ1) is 18.4. The van der Waals surface area contributed by atoms with Crippen LogP contribution in [0.1, 0.15) is 16.7 Å². The predicted molar refractivity (Wildman–Crippen MR) is 106 cm³/mol. The zero-order valence-electron chi connectivity index (χ0n) is 15.4. The molecule has 1 aromatic heterocycles. The summed E-state index contributed by atoms with van der Waals surface area (Å²) in [5, 5.41) is 14.2. The second kappa shape index (κ2) is 8.80. The summed E-state index contributed by atoms with van der Waals surface area (Å²) in [5.41, 5.74) is 3.33. The van der Waals surface area contributed by atoms with Crippen LogP contribution in [0.4, 0.5) is 11.6 Å². The van der Waals surface area contributed by atoms with Crippen molar-refractivity contribution in [1.29, 1.82) is 0 Å². The SMILES string of the molecule is COc1ccc(CC(=O)Nc2ccc(NCc3ccccc3C)nn2)cc1. The number of methoxy groups -OCH3 is 1. The highest BCUT2D eigenvalue weighted by atomic mass is 16.5. The van der Waals surface area contributed by atoms with E-state index in [-0.39, 0.29) is 12.3 Å². The second-order valence-corrected chi connectivity index (χ2v) is 6.16. The minimum atomic E-state index is -0.143. The van der Waals surface area contributed by atoms with Crippen LogP contribution in [-0.4, -0.2) is 23.2 Å². The summed E-state index contributed by atoms with van der Waals surface area (Å²) in [7, 11) is 1.61. The molecule has 0 aliphatic carbocycles. The molecular formula is C21H22N4O2. The molecule has 0 unspecified atom stereocenters. The third-order valence-electron chi connectivity index (χ3n) is 4.18. The van der Waals surface area contributed by atoms with E-state index in [9.17, 15) is 4.79 Å². The molecule has 3 aromatic rings. The van der Waals surface area contributed by atoms with Crippen molar-refractivity contribution in [2.75, 3.05) is 17.7 Å². The highest BCUT2D eigenvalue weighted by Gasteiger charge is 2.06. The van der Waals surface area contributed by atoms with Crippen LogP contribution in [0, 0.1) is 6.92 Å². The fourth-order valence-corrected chi connectivity index (χ4v) is 2.60. The number of anilines is 2. The highest BCUT2D eigenvalue weighted by molar-refractivity contribution is 5.91. The molecule has 2 aromatic carbocycles. The highest BCUT2D eigenvalue weighted by Crippen LogP contribution is 2.13. The van der Waals surface area contributed by atoms with Crippen molar-refractivity contribution in [3.63, 3.8) is 0 Å². The lowest BCUT2D eigenvalue weighted by Crippen LogP contribution is -2.16. The van der Waals surface area contributed by atoms with E-state index in [1.807, 2.05) is 36.4 Å². The standard InChI is InChI=1S/C21H22N4O2/c1-15-5-3-4-6-17(15)14-22-19-11-12-20(25-24-19)23-21(26)13-16-7-9-18(27-2)10-8-16/h3-12H,13-14H2,1-2H3,(H,22,24)(H,23,25,26). The van der Waals surface area contributed by atoms with Crippen LogP contribution < -0.4 is 15.4 Å². The Morgan fingerprint density at radius 3 is 2.33 bits per heavy atom. The molecule has 0 saturated heterocycles. The fraction of sp³-hybridized carbons (Fsp3) is 0.190. The Kier molecular flexibility index (Phi) is 5.99. The van der Waals surface area contributed by atoms with Crippen molar-refractivity contribution in [3.8, 4) is 5.75 Å². The van der Waals surface area contributed by atoms with Gasteiger partial charge >= 0.3 is 0 Å². The number of ether oxygens (including phenoxy) is 1. The maximum Gasteiger partial charge on any atom is 0.229 e. The van der Waals surface area contributed by atoms with Crippen LogP contribution in [0.5, 0.6) is 5.75 Å². The molecule has 0 atom stereocenters. The third-order valence-corrected chi connectivity index (χ3v) is 4.18. The molecule has 1 amide bonds. The molecule has 1 heterocycles. The van der Waals surface area contributed by atoms with Gasteiger partial charge in [-0.25, -0.2) is 0 Å². The van der Waals surface area contributed by atoms with E-state index in [2.05, 4.69) is 39.9 Å². The molecule has 0 aliphatic heterocycles. The van der Waals surface area contributed by atoms with Gasteiger partial charge in [0.2, 0.25) is 5.91 Å². The monoisotopic (exact) mass is 362 g/mol. The maximum absolute atomic E-state index is 12.1. The van der Waals surface area contributed by atoms with Crippen LogP contribution in [0.2, 0.25) is 0 Å². The molecule has 0 fully saturated rings. The Labute approximate surface area is 158 Å². The average Bonchev–Trinajstić information content (AvgIpc) is 2.69. The smallest absolute Gasteiger partial charge is 0.229 e. The first-order valence-corrected chi connectivity index (χ1v) is 8.69. The molecule has 138 valence electrons. The number of rotatable bonds is 7. The number of aryl methyl sites for hydroxylation is 1. The minimum absolute atomic E-state index is 0.143. The molecule has 27 heavy (non-hydrogen) atoms. The first-order valence-electron chi connectivity index (χ1n) is 8.69. The van der Waals surface area contributed by atoms with E-state index >= 15 is 0 Å². The third kappa shape index (κ3) is 5.28. The van der Waals surface area contributed by atoms with E-state index in [1.165, 1.54) is 11.1 Å². The van der Waals surface area contributed by atoms with Gasteiger partial charge in [0.25, 0.3) is 0 Å². The molecule has 0 radical (unpaired) electrons. The Morgan fingerprint density at radius 2 is 1.67 bits per heavy atom. The van der Waals surface area contributed by atoms with Gasteiger partial charge in [-0.05, 0) is 47.9 Å². The molecule has 0 aliphatic rings. The normalized spacial score (nSPS) is 10.3. The van der Waals surface area contributed by atoms with Gasteiger partial charge in [0.1, 0.15) is 11.6 Å². The Hall–Kier alpha value is -3.41. The van der Waals surface area contributed by atoms with Gasteiger partial charge in [-0.2, -0.15) is 0 Å². The van der Waals surface area contributed by atoms with Crippen LogP contribution >= 0.6 is 0 Å². The van der Waals surface area contributed by atoms with E-state index in [0.29, 0.717) is 18.2 Å². The summed E-state index contributed by atoms with van der Waals surface area (Å²) < 4.78 is 5.11. The van der Waals surface area contributed by atoms with E-state index < -0.39 is 0 Å². The van der Waals surface area contributed by atoms with Crippen molar-refractivity contribution in [2.24, 2.45) is 0 Å². The molecule has 6 nitrogen and oxygen atoms in total. The number of carbonyl (C=O) groups excluding carboxylic acids is 1. The molecule has 3 rings (SSSR count). The van der Waals surface area contributed by atoms with Crippen molar-refractivity contribution >= 4 is 17.5 Å². The second-order valence-electron chi connectivity index (χ2n) is 6.16. The number of nitrogens with zero attached hydrogens (tertiary/aromatic N) is 2. The lowest BCUT2D eigenvalue weighted by molar-refractivity contribution is -0.115. The topological polar surface area (TPSA) is 76.1 Å². The molecular weight excluding hydrogens is 340 g/mol. The van der Waals surface area contributed by atoms with Crippen molar-refractivity contribution < 1.29 is 9.53 Å². The van der Waals surface area contributed by atoms with Crippen LogP contribution in [-0.2, 0) is 17.8 Å². The number of hydrogen-bond acceptors (Lipinski definition) is 5. The summed E-state index contributed by atoms with van der Waals surface area (Å²) in [6.07, 6.45) is 0.263. The van der Waals surface area contributed by atoms with Gasteiger partial charge in [0.15, 0.2) is 5.82 Å². The van der Waals surface area contributed by atoms with Gasteiger partial charge in [-0.15, -0.1) is 10.2 Å². The van der Waals surface area contributed by atoms with Gasteiger partial charge in [0, 0.05) is 6.54 Å². The lowest BCUT2D eigenvalue weighted by atomic mass is 10.1. The molecule has 6 heteroatoms. The molecule has 0 bridgehead atoms. The van der Waals surface area contributed by atoms with Crippen molar-refractivity contribution in [3.05, 3.63) is 77.4 Å². The molecule has 0 spiro atoms. The summed E-state index contributed by atoms with van der Waals surface area (Å²) in [6, 6.07) is 19.1. The van der Waals surface area contributed by atoms with Gasteiger partial charge < -0.3 is 15.4 Å². The summed E-state index contributed by atoms with van der Waals surface area (Å²) >= 11 is 0. The lowest BCUT2D eigenvalue weighted by Gasteiger charge is -2.09. The maximum atomic E-state index is 12.1. The van der Waals surface area contributed by atoms with Gasteiger partial charge in [-0.3, -0.25) is 4.79 Å². The average molecular weight is 362 g/mol. The van der Waals surface area contributed by atoms with E-state index in [0.717, 1.165) is 11.3 Å². The molecule has 0 saturated carbocycles. The summed E-state index contributed by atoms with van der Waals surface area (Å²) in [4.78, 5) is 12.1. The number of nitrogens with one attached hydrogen (secondary N) is 2. The summed E-state index contributed by atoms with van der Waals surface area (Å²) in [6.45, 7) is 2.74. The Morgan fingerprint density at radius 1 is 0.963 bits per heavy atom.